The van der Waals surface area contributed by atoms with Gasteiger partial charge in [0.2, 0.25) is 0 Å². The van der Waals surface area contributed by atoms with Gasteiger partial charge in [-0.1, -0.05) is 18.2 Å². The molecule has 0 spiro atoms. The van der Waals surface area contributed by atoms with Crippen molar-refractivity contribution in [3.8, 4) is 11.4 Å². The van der Waals surface area contributed by atoms with E-state index in [9.17, 15) is 8.78 Å². The number of aromatic nitrogens is 3. The molecule has 3 N–H and O–H groups in total. The second-order valence-corrected chi connectivity index (χ2v) is 5.10. The summed E-state index contributed by atoms with van der Waals surface area (Å²) in [7, 11) is 0. The fourth-order valence-corrected chi connectivity index (χ4v) is 2.13. The quantitative estimate of drug-likeness (QED) is 0.730. The molecule has 0 bridgehead atoms. The van der Waals surface area contributed by atoms with Crippen molar-refractivity contribution in [3.63, 3.8) is 0 Å². The monoisotopic (exact) mass is 300 g/mol. The summed E-state index contributed by atoms with van der Waals surface area (Å²) < 4.78 is 26.1. The Labute approximate surface area is 126 Å². The van der Waals surface area contributed by atoms with E-state index in [2.05, 4.69) is 15.2 Å². The number of H-pyrrole nitrogens is 1. The van der Waals surface area contributed by atoms with Crippen LogP contribution in [0.2, 0.25) is 0 Å². The zero-order valence-electron chi connectivity index (χ0n) is 11.9. The SMILES string of the molecule is Cc1ccc(-c2n[nH]c(Cc3ccc(F)c(F)c3)n2)cc1N. The molecular weight excluding hydrogens is 286 g/mol. The predicted octanol–water partition coefficient (Wildman–Crippen LogP) is 3.23. The Morgan fingerprint density at radius 2 is 1.91 bits per heavy atom. The molecule has 112 valence electrons. The standard InChI is InChI=1S/C16H14F2N4/c1-9-2-4-11(8-14(9)19)16-20-15(21-22-16)7-10-3-5-12(17)13(18)6-10/h2-6,8H,7,19H2,1H3,(H,20,21,22). The van der Waals surface area contributed by atoms with E-state index in [1.54, 1.807) is 6.07 Å². The summed E-state index contributed by atoms with van der Waals surface area (Å²) in [5.41, 5.74) is 8.95. The Bertz CT molecular complexity index is 827. The number of nitrogen functional groups attached to an aromatic ring is 1. The molecule has 0 saturated heterocycles. The number of halogens is 2. The third-order valence-corrected chi connectivity index (χ3v) is 3.42. The van der Waals surface area contributed by atoms with Crippen molar-refractivity contribution in [1.82, 2.24) is 15.2 Å². The number of aryl methyl sites for hydroxylation is 1. The summed E-state index contributed by atoms with van der Waals surface area (Å²) >= 11 is 0. The average Bonchev–Trinajstić information content (AvgIpc) is 2.94. The van der Waals surface area contributed by atoms with Gasteiger partial charge in [-0.15, -0.1) is 0 Å². The molecule has 0 amide bonds. The average molecular weight is 300 g/mol. The first-order valence-electron chi connectivity index (χ1n) is 6.74. The normalized spacial score (nSPS) is 10.9. The number of nitrogens with two attached hydrogens (primary N) is 1. The summed E-state index contributed by atoms with van der Waals surface area (Å²) in [6.45, 7) is 1.92. The van der Waals surface area contributed by atoms with Gasteiger partial charge in [-0.2, -0.15) is 5.10 Å². The van der Waals surface area contributed by atoms with Crippen LogP contribution < -0.4 is 5.73 Å². The van der Waals surface area contributed by atoms with Crippen LogP contribution in [0.25, 0.3) is 11.4 Å². The molecule has 2 aromatic carbocycles. The van der Waals surface area contributed by atoms with E-state index in [0.29, 0.717) is 29.3 Å². The predicted molar refractivity (Wildman–Crippen MR) is 80.1 cm³/mol. The number of hydrogen-bond acceptors (Lipinski definition) is 3. The van der Waals surface area contributed by atoms with Crippen molar-refractivity contribution in [2.75, 3.05) is 5.73 Å². The maximum absolute atomic E-state index is 13.2. The van der Waals surface area contributed by atoms with Crippen molar-refractivity contribution in [2.24, 2.45) is 0 Å². The number of rotatable bonds is 3. The lowest BCUT2D eigenvalue weighted by molar-refractivity contribution is 0.507. The number of benzene rings is 2. The van der Waals surface area contributed by atoms with Gasteiger partial charge in [0, 0.05) is 17.7 Å². The number of nitrogens with zero attached hydrogens (tertiary/aromatic N) is 2. The van der Waals surface area contributed by atoms with E-state index in [0.717, 1.165) is 23.3 Å². The second kappa shape index (κ2) is 5.55. The Kier molecular flexibility index (Phi) is 3.58. The van der Waals surface area contributed by atoms with Gasteiger partial charge >= 0.3 is 0 Å². The molecule has 0 radical (unpaired) electrons. The lowest BCUT2D eigenvalue weighted by Crippen LogP contribution is -1.94. The van der Waals surface area contributed by atoms with Gasteiger partial charge in [0.25, 0.3) is 0 Å². The molecule has 3 aromatic rings. The van der Waals surface area contributed by atoms with E-state index in [1.165, 1.54) is 6.07 Å². The van der Waals surface area contributed by atoms with Crippen LogP contribution in [-0.2, 0) is 6.42 Å². The van der Waals surface area contributed by atoms with Gasteiger partial charge in [-0.05, 0) is 36.2 Å². The summed E-state index contributed by atoms with van der Waals surface area (Å²) in [5.74, 6) is -0.648. The smallest absolute Gasteiger partial charge is 0.181 e. The van der Waals surface area contributed by atoms with Gasteiger partial charge in [0.1, 0.15) is 5.82 Å². The Hall–Kier alpha value is -2.76. The van der Waals surface area contributed by atoms with Crippen LogP contribution in [0.5, 0.6) is 0 Å². The van der Waals surface area contributed by atoms with Gasteiger partial charge in [-0.25, -0.2) is 13.8 Å². The fraction of sp³-hybridized carbons (Fsp3) is 0.125. The van der Waals surface area contributed by atoms with E-state index in [4.69, 9.17) is 5.73 Å². The first-order chi connectivity index (χ1) is 10.5. The highest BCUT2D eigenvalue weighted by molar-refractivity contribution is 5.63. The number of aromatic amines is 1. The van der Waals surface area contributed by atoms with Crippen molar-refractivity contribution >= 4 is 5.69 Å². The molecule has 0 aliphatic carbocycles. The van der Waals surface area contributed by atoms with Crippen LogP contribution >= 0.6 is 0 Å². The lowest BCUT2D eigenvalue weighted by atomic mass is 10.1. The van der Waals surface area contributed by atoms with Gasteiger partial charge in [0.05, 0.1) is 0 Å². The van der Waals surface area contributed by atoms with Crippen LogP contribution in [0.3, 0.4) is 0 Å². The molecule has 0 unspecified atom stereocenters. The third-order valence-electron chi connectivity index (χ3n) is 3.42. The van der Waals surface area contributed by atoms with E-state index < -0.39 is 11.6 Å². The number of nitrogens with one attached hydrogen (secondary N) is 1. The Morgan fingerprint density at radius 1 is 1.09 bits per heavy atom. The molecule has 3 rings (SSSR count). The number of anilines is 1. The zero-order chi connectivity index (χ0) is 15.7. The molecule has 22 heavy (non-hydrogen) atoms. The van der Waals surface area contributed by atoms with E-state index in [1.807, 2.05) is 19.1 Å². The van der Waals surface area contributed by atoms with Crippen molar-refractivity contribution in [2.45, 2.75) is 13.3 Å². The highest BCUT2D eigenvalue weighted by Crippen LogP contribution is 2.21. The van der Waals surface area contributed by atoms with Crippen molar-refractivity contribution in [1.29, 1.82) is 0 Å². The van der Waals surface area contributed by atoms with Crippen LogP contribution in [0.4, 0.5) is 14.5 Å². The van der Waals surface area contributed by atoms with Crippen LogP contribution in [0, 0.1) is 18.6 Å². The minimum absolute atomic E-state index is 0.339. The minimum atomic E-state index is -0.872. The zero-order valence-corrected chi connectivity index (χ0v) is 11.9. The minimum Gasteiger partial charge on any atom is -0.398 e. The molecule has 1 aromatic heterocycles. The molecule has 0 aliphatic heterocycles. The molecular formula is C16H14F2N4. The van der Waals surface area contributed by atoms with Crippen molar-refractivity contribution in [3.05, 3.63) is 65.0 Å². The summed E-state index contributed by atoms with van der Waals surface area (Å²) in [6.07, 6.45) is 0.339. The summed E-state index contributed by atoms with van der Waals surface area (Å²) in [6, 6.07) is 9.36. The first kappa shape index (κ1) is 14.2. The van der Waals surface area contributed by atoms with Gasteiger partial charge < -0.3 is 5.73 Å². The topological polar surface area (TPSA) is 67.6 Å². The summed E-state index contributed by atoms with van der Waals surface area (Å²) in [4.78, 5) is 4.36. The molecule has 0 fully saturated rings. The highest BCUT2D eigenvalue weighted by Gasteiger charge is 2.09. The van der Waals surface area contributed by atoms with Crippen LogP contribution in [0.1, 0.15) is 17.0 Å². The molecule has 0 aliphatic rings. The molecule has 4 nitrogen and oxygen atoms in total. The third kappa shape index (κ3) is 2.81. The van der Waals surface area contributed by atoms with Crippen LogP contribution in [-0.4, -0.2) is 15.2 Å². The highest BCUT2D eigenvalue weighted by atomic mass is 19.2. The molecule has 0 saturated carbocycles. The largest absolute Gasteiger partial charge is 0.398 e. The molecule has 0 atom stereocenters. The Balaban J connectivity index is 1.84. The molecule has 6 heteroatoms. The number of hydrogen-bond donors (Lipinski definition) is 2. The summed E-state index contributed by atoms with van der Waals surface area (Å²) in [5, 5.41) is 6.94. The fourth-order valence-electron chi connectivity index (χ4n) is 2.13. The second-order valence-electron chi connectivity index (χ2n) is 5.10. The van der Waals surface area contributed by atoms with E-state index in [-0.39, 0.29) is 0 Å². The molecule has 1 heterocycles. The van der Waals surface area contributed by atoms with Gasteiger partial charge in [0.15, 0.2) is 17.5 Å². The Morgan fingerprint density at radius 3 is 2.64 bits per heavy atom. The maximum atomic E-state index is 13.2. The van der Waals surface area contributed by atoms with Gasteiger partial charge in [-0.3, -0.25) is 5.10 Å². The lowest BCUT2D eigenvalue weighted by Gasteiger charge is -2.01. The van der Waals surface area contributed by atoms with E-state index >= 15 is 0 Å². The first-order valence-corrected chi connectivity index (χ1v) is 6.74. The van der Waals surface area contributed by atoms with Crippen molar-refractivity contribution < 1.29 is 8.78 Å². The van der Waals surface area contributed by atoms with Crippen LogP contribution in [0.15, 0.2) is 36.4 Å². The maximum Gasteiger partial charge on any atom is 0.181 e.